The van der Waals surface area contributed by atoms with Crippen molar-refractivity contribution in [2.75, 3.05) is 11.4 Å². The number of carbonyl (C=O) groups excluding carboxylic acids is 3. The molecule has 2 aromatic carbocycles. The second kappa shape index (κ2) is 7.81. The van der Waals surface area contributed by atoms with E-state index in [9.17, 15) is 14.4 Å². The Kier molecular flexibility index (Phi) is 4.98. The highest BCUT2D eigenvalue weighted by Gasteiger charge is 2.40. The predicted octanol–water partition coefficient (Wildman–Crippen LogP) is 1.86. The van der Waals surface area contributed by atoms with Crippen LogP contribution in [0.4, 0.5) is 5.69 Å². The first kappa shape index (κ1) is 19.8. The Labute approximate surface area is 181 Å². The number of rotatable bonds is 4. The third-order valence-electron chi connectivity index (χ3n) is 6.61. The van der Waals surface area contributed by atoms with Gasteiger partial charge in [0, 0.05) is 43.9 Å². The number of amides is 3. The van der Waals surface area contributed by atoms with Crippen molar-refractivity contribution >= 4 is 23.4 Å². The summed E-state index contributed by atoms with van der Waals surface area (Å²) in [5, 5.41) is 2.37. The van der Waals surface area contributed by atoms with Crippen LogP contribution in [0, 0.1) is 0 Å². The minimum atomic E-state index is -0.593. The molecular weight excluding hydrogens is 392 g/mol. The van der Waals surface area contributed by atoms with E-state index in [1.807, 2.05) is 18.2 Å². The van der Waals surface area contributed by atoms with Crippen molar-refractivity contribution < 1.29 is 14.4 Å². The fourth-order valence-corrected chi connectivity index (χ4v) is 5.17. The van der Waals surface area contributed by atoms with Crippen molar-refractivity contribution in [2.45, 2.75) is 51.4 Å². The van der Waals surface area contributed by atoms with Crippen LogP contribution in [0.25, 0.3) is 0 Å². The normalized spacial score (nSPS) is 20.5. The summed E-state index contributed by atoms with van der Waals surface area (Å²) in [4.78, 5) is 41.2. The van der Waals surface area contributed by atoms with E-state index in [1.54, 1.807) is 4.90 Å². The fraction of sp³-hybridized carbons (Fsp3) is 0.375. The van der Waals surface area contributed by atoms with Gasteiger partial charge in [-0.15, -0.1) is 0 Å². The van der Waals surface area contributed by atoms with Crippen LogP contribution in [0.2, 0.25) is 0 Å². The Morgan fingerprint density at radius 2 is 1.77 bits per heavy atom. The lowest BCUT2D eigenvalue weighted by molar-refractivity contribution is -0.136. The molecule has 1 saturated heterocycles. The Bertz CT molecular complexity index is 1070. The van der Waals surface area contributed by atoms with Gasteiger partial charge in [0.15, 0.2) is 0 Å². The molecule has 31 heavy (non-hydrogen) atoms. The largest absolute Gasteiger partial charge is 0.367 e. The number of nitrogens with one attached hydrogen (secondary N) is 1. The number of nitrogens with two attached hydrogens (primary N) is 1. The second-order valence-corrected chi connectivity index (χ2v) is 8.51. The quantitative estimate of drug-likeness (QED) is 0.739. The van der Waals surface area contributed by atoms with Crippen molar-refractivity contribution in [3.8, 4) is 0 Å². The lowest BCUT2D eigenvalue weighted by atomic mass is 9.96. The second-order valence-electron chi connectivity index (χ2n) is 8.51. The standard InChI is InChI=1S/C24H26N4O3/c25-12-16-5-1-4-15-8-3-11-27(22(15)16)13-17-6-2-7-18-14-28(24(31)21(17)18)19-9-10-20(29)26-23(19)30/h1-2,4-7,19H,3,8-14,25H2,(H,26,29,30). The SMILES string of the molecule is NCc1cccc2c1N(Cc1cccc3c1C(=O)N(C1CCC(=O)NC1=O)C3)CCC2. The van der Waals surface area contributed by atoms with Crippen LogP contribution < -0.4 is 16.0 Å². The van der Waals surface area contributed by atoms with Gasteiger partial charge in [0.25, 0.3) is 5.91 Å². The van der Waals surface area contributed by atoms with Gasteiger partial charge in [-0.3, -0.25) is 19.7 Å². The molecule has 1 fully saturated rings. The molecule has 1 atom stereocenters. The summed E-state index contributed by atoms with van der Waals surface area (Å²) in [6.07, 6.45) is 2.73. The molecule has 0 aromatic heterocycles. The highest BCUT2D eigenvalue weighted by molar-refractivity contribution is 6.06. The van der Waals surface area contributed by atoms with Gasteiger partial charge in [0.1, 0.15) is 6.04 Å². The molecule has 5 rings (SSSR count). The summed E-state index contributed by atoms with van der Waals surface area (Å²) in [5.74, 6) is -0.772. The van der Waals surface area contributed by atoms with Gasteiger partial charge in [0.05, 0.1) is 0 Å². The Balaban J connectivity index is 1.45. The van der Waals surface area contributed by atoms with Crippen molar-refractivity contribution in [3.05, 3.63) is 64.2 Å². The molecule has 0 radical (unpaired) electrons. The van der Waals surface area contributed by atoms with Crippen LogP contribution in [-0.2, 0) is 35.6 Å². The first-order chi connectivity index (χ1) is 15.1. The van der Waals surface area contributed by atoms with Gasteiger partial charge >= 0.3 is 0 Å². The molecular formula is C24H26N4O3. The van der Waals surface area contributed by atoms with Crippen LogP contribution in [0.5, 0.6) is 0 Å². The van der Waals surface area contributed by atoms with Gasteiger partial charge in [-0.2, -0.15) is 0 Å². The van der Waals surface area contributed by atoms with Crippen LogP contribution in [0.1, 0.15) is 51.9 Å². The smallest absolute Gasteiger partial charge is 0.255 e. The highest BCUT2D eigenvalue weighted by Crippen LogP contribution is 2.35. The zero-order valence-corrected chi connectivity index (χ0v) is 17.4. The van der Waals surface area contributed by atoms with Crippen LogP contribution in [-0.4, -0.2) is 35.2 Å². The van der Waals surface area contributed by atoms with Crippen molar-refractivity contribution in [3.63, 3.8) is 0 Å². The summed E-state index contributed by atoms with van der Waals surface area (Å²) in [6, 6.07) is 11.6. The maximum atomic E-state index is 13.4. The molecule has 0 saturated carbocycles. The molecule has 3 heterocycles. The molecule has 0 aliphatic carbocycles. The van der Waals surface area contributed by atoms with Crippen LogP contribution >= 0.6 is 0 Å². The van der Waals surface area contributed by atoms with E-state index in [0.717, 1.165) is 36.1 Å². The number of imide groups is 1. The first-order valence-electron chi connectivity index (χ1n) is 10.9. The first-order valence-corrected chi connectivity index (χ1v) is 10.9. The number of nitrogens with zero attached hydrogens (tertiary/aromatic N) is 2. The van der Waals surface area contributed by atoms with Gasteiger partial charge in [-0.1, -0.05) is 36.4 Å². The van der Waals surface area contributed by atoms with Crippen molar-refractivity contribution in [2.24, 2.45) is 5.73 Å². The number of aryl methyl sites for hydroxylation is 1. The summed E-state index contributed by atoms with van der Waals surface area (Å²) in [7, 11) is 0. The summed E-state index contributed by atoms with van der Waals surface area (Å²) in [5.41, 5.74) is 12.3. The fourth-order valence-electron chi connectivity index (χ4n) is 5.17. The molecule has 7 nitrogen and oxygen atoms in total. The maximum Gasteiger partial charge on any atom is 0.255 e. The predicted molar refractivity (Wildman–Crippen MR) is 116 cm³/mol. The number of hydrogen-bond acceptors (Lipinski definition) is 5. The molecule has 1 unspecified atom stereocenters. The number of piperidine rings is 1. The van der Waals surface area contributed by atoms with Crippen LogP contribution in [0.15, 0.2) is 36.4 Å². The summed E-state index contributed by atoms with van der Waals surface area (Å²) >= 11 is 0. The molecule has 3 N–H and O–H groups in total. The summed E-state index contributed by atoms with van der Waals surface area (Å²) < 4.78 is 0. The van der Waals surface area contributed by atoms with Crippen LogP contribution in [0.3, 0.4) is 0 Å². The van der Waals surface area contributed by atoms with E-state index in [4.69, 9.17) is 5.73 Å². The van der Waals surface area contributed by atoms with Crippen molar-refractivity contribution in [1.82, 2.24) is 10.2 Å². The maximum absolute atomic E-state index is 13.4. The van der Waals surface area contributed by atoms with E-state index < -0.39 is 6.04 Å². The average molecular weight is 418 g/mol. The highest BCUT2D eigenvalue weighted by atomic mass is 16.2. The number of para-hydroxylation sites is 1. The molecule has 7 heteroatoms. The van der Waals surface area contributed by atoms with E-state index >= 15 is 0 Å². The molecule has 0 bridgehead atoms. The minimum absolute atomic E-state index is 0.121. The zero-order chi connectivity index (χ0) is 21.5. The Hall–Kier alpha value is -3.19. The van der Waals surface area contributed by atoms with Gasteiger partial charge in [-0.05, 0) is 41.5 Å². The lowest BCUT2D eigenvalue weighted by Gasteiger charge is -2.34. The lowest BCUT2D eigenvalue weighted by Crippen LogP contribution is -2.52. The Morgan fingerprint density at radius 1 is 1.00 bits per heavy atom. The minimum Gasteiger partial charge on any atom is -0.367 e. The number of fused-ring (bicyclic) bond motifs is 2. The topological polar surface area (TPSA) is 95.7 Å². The van der Waals surface area contributed by atoms with Gasteiger partial charge in [-0.25, -0.2) is 0 Å². The molecule has 2 aromatic rings. The molecule has 3 aliphatic rings. The third kappa shape index (κ3) is 3.39. The number of carbonyl (C=O) groups is 3. The molecule has 0 spiro atoms. The van der Waals surface area contributed by atoms with E-state index in [2.05, 4.69) is 28.4 Å². The number of hydrogen-bond donors (Lipinski definition) is 2. The van der Waals surface area contributed by atoms with E-state index in [-0.39, 0.29) is 24.1 Å². The molecule has 160 valence electrons. The van der Waals surface area contributed by atoms with E-state index in [0.29, 0.717) is 31.6 Å². The van der Waals surface area contributed by atoms with Gasteiger partial charge in [0.2, 0.25) is 11.8 Å². The average Bonchev–Trinajstić information content (AvgIpc) is 3.10. The molecule has 3 amide bonds. The Morgan fingerprint density at radius 3 is 2.55 bits per heavy atom. The monoisotopic (exact) mass is 418 g/mol. The van der Waals surface area contributed by atoms with Gasteiger partial charge < -0.3 is 15.5 Å². The number of benzene rings is 2. The van der Waals surface area contributed by atoms with E-state index in [1.165, 1.54) is 11.3 Å². The molecule has 3 aliphatic heterocycles. The zero-order valence-electron chi connectivity index (χ0n) is 17.4. The number of anilines is 1. The van der Waals surface area contributed by atoms with Crippen molar-refractivity contribution in [1.29, 1.82) is 0 Å². The summed E-state index contributed by atoms with van der Waals surface area (Å²) in [6.45, 7) is 2.43. The third-order valence-corrected chi connectivity index (χ3v) is 6.61.